The molecule has 0 aromatic rings. The van der Waals surface area contributed by atoms with Gasteiger partial charge in [0.25, 0.3) is 5.91 Å². The Morgan fingerprint density at radius 2 is 2.22 bits per heavy atom. The van der Waals surface area contributed by atoms with Crippen LogP contribution in [0.1, 0.15) is 26.7 Å². The Balaban J connectivity index is 3.27. The molecule has 52 valence electrons. The summed E-state index contributed by atoms with van der Waals surface area (Å²) in [5.41, 5.74) is 0. The van der Waals surface area contributed by atoms with E-state index in [1.807, 2.05) is 0 Å². The molecule has 0 radical (unpaired) electrons. The van der Waals surface area contributed by atoms with Crippen LogP contribution in [0.3, 0.4) is 0 Å². The van der Waals surface area contributed by atoms with Crippen molar-refractivity contribution in [1.82, 2.24) is 0 Å². The van der Waals surface area contributed by atoms with E-state index in [4.69, 9.17) is 0 Å². The second-order valence-electron chi connectivity index (χ2n) is 2.42. The van der Waals surface area contributed by atoms with Gasteiger partial charge in [0.1, 0.15) is 0 Å². The standard InChI is InChI=1S/C6H11NOS/c1-5(2)3-4-6(8)7-9/h5H,3-4H2,1-2H3. The third-order valence-corrected chi connectivity index (χ3v) is 1.24. The average molecular weight is 145 g/mol. The Morgan fingerprint density at radius 1 is 1.67 bits per heavy atom. The number of amides is 1. The maximum atomic E-state index is 10.4. The zero-order valence-corrected chi connectivity index (χ0v) is 6.57. The van der Waals surface area contributed by atoms with Crippen molar-refractivity contribution in [3.8, 4) is 0 Å². The first kappa shape index (κ1) is 8.69. The summed E-state index contributed by atoms with van der Waals surface area (Å²) in [4.78, 5) is 10.4. The van der Waals surface area contributed by atoms with E-state index in [2.05, 4.69) is 30.6 Å². The Bertz CT molecular complexity index is 112. The van der Waals surface area contributed by atoms with Crippen molar-refractivity contribution < 1.29 is 4.79 Å². The van der Waals surface area contributed by atoms with Crippen LogP contribution in [-0.4, -0.2) is 5.91 Å². The van der Waals surface area contributed by atoms with Crippen LogP contribution in [-0.2, 0) is 17.2 Å². The molecule has 0 aliphatic rings. The van der Waals surface area contributed by atoms with Crippen LogP contribution in [0.25, 0.3) is 0 Å². The lowest BCUT2D eigenvalue weighted by Gasteiger charge is -1.98. The fourth-order valence-corrected chi connectivity index (χ4v) is 0.549. The second-order valence-corrected chi connectivity index (χ2v) is 2.60. The molecular weight excluding hydrogens is 134 g/mol. The first-order valence-electron chi connectivity index (χ1n) is 3.03. The predicted octanol–water partition coefficient (Wildman–Crippen LogP) is 1.68. The molecule has 0 aromatic carbocycles. The van der Waals surface area contributed by atoms with Crippen molar-refractivity contribution in [3.05, 3.63) is 0 Å². The molecule has 1 amide bonds. The van der Waals surface area contributed by atoms with Crippen LogP contribution in [0, 0.1) is 5.92 Å². The maximum Gasteiger partial charge on any atom is 0.256 e. The molecule has 0 N–H and O–H groups in total. The zero-order chi connectivity index (χ0) is 7.28. The molecule has 3 heteroatoms. The lowest BCUT2D eigenvalue weighted by Crippen LogP contribution is -1.95. The minimum Gasteiger partial charge on any atom is -0.272 e. The van der Waals surface area contributed by atoms with E-state index in [0.717, 1.165) is 6.42 Å². The number of rotatable bonds is 3. The van der Waals surface area contributed by atoms with Gasteiger partial charge in [-0.2, -0.15) is 0 Å². The molecule has 0 atom stereocenters. The number of nitrogens with zero attached hydrogens (tertiary/aromatic N) is 1. The van der Waals surface area contributed by atoms with Crippen LogP contribution in [0.2, 0.25) is 0 Å². The summed E-state index contributed by atoms with van der Waals surface area (Å²) in [5, 5.41) is 0. The van der Waals surface area contributed by atoms with Crippen molar-refractivity contribution in [1.29, 1.82) is 0 Å². The smallest absolute Gasteiger partial charge is 0.256 e. The first-order valence-corrected chi connectivity index (χ1v) is 3.39. The minimum absolute atomic E-state index is 0.168. The summed E-state index contributed by atoms with van der Waals surface area (Å²) in [5.74, 6) is 0.393. The molecular formula is C6H11NOS. The van der Waals surface area contributed by atoms with Gasteiger partial charge in [0.15, 0.2) is 0 Å². The summed E-state index contributed by atoms with van der Waals surface area (Å²) < 4.78 is 3.10. The highest BCUT2D eigenvalue weighted by atomic mass is 32.1. The van der Waals surface area contributed by atoms with Gasteiger partial charge in [0.05, 0.1) is 0 Å². The fourth-order valence-electron chi connectivity index (χ4n) is 0.458. The first-order chi connectivity index (χ1) is 4.16. The van der Waals surface area contributed by atoms with E-state index in [-0.39, 0.29) is 5.91 Å². The van der Waals surface area contributed by atoms with Crippen LogP contribution < -0.4 is 0 Å². The molecule has 0 heterocycles. The van der Waals surface area contributed by atoms with E-state index < -0.39 is 0 Å². The summed E-state index contributed by atoms with van der Waals surface area (Å²) in [6.45, 7) is 4.13. The molecule has 0 fully saturated rings. The summed E-state index contributed by atoms with van der Waals surface area (Å²) in [6, 6.07) is 0. The molecule has 0 spiro atoms. The Labute approximate surface area is 60.8 Å². The molecule has 0 unspecified atom stereocenters. The van der Waals surface area contributed by atoms with Crippen molar-refractivity contribution >= 4 is 18.3 Å². The topological polar surface area (TPSA) is 29.4 Å². The fraction of sp³-hybridized carbons (Fsp3) is 0.833. The van der Waals surface area contributed by atoms with E-state index in [9.17, 15) is 4.79 Å². The van der Waals surface area contributed by atoms with Gasteiger partial charge in [0, 0.05) is 18.8 Å². The van der Waals surface area contributed by atoms with Gasteiger partial charge >= 0.3 is 0 Å². The molecule has 0 bridgehead atoms. The monoisotopic (exact) mass is 145 g/mol. The largest absolute Gasteiger partial charge is 0.272 e. The Morgan fingerprint density at radius 3 is 2.56 bits per heavy atom. The molecule has 0 aromatic heterocycles. The van der Waals surface area contributed by atoms with Crippen LogP contribution in [0.15, 0.2) is 4.36 Å². The lowest BCUT2D eigenvalue weighted by atomic mass is 10.1. The summed E-state index contributed by atoms with van der Waals surface area (Å²) in [6.07, 6.45) is 1.39. The van der Waals surface area contributed by atoms with Gasteiger partial charge in [-0.15, -0.1) is 4.36 Å². The Hall–Kier alpha value is -0.310. The van der Waals surface area contributed by atoms with E-state index in [1.165, 1.54) is 0 Å². The number of hydrogen-bond acceptors (Lipinski definition) is 2. The van der Waals surface area contributed by atoms with Gasteiger partial charge in [-0.1, -0.05) is 13.8 Å². The van der Waals surface area contributed by atoms with E-state index in [1.54, 1.807) is 0 Å². The zero-order valence-electron chi connectivity index (χ0n) is 5.76. The quantitative estimate of drug-likeness (QED) is 0.604. The summed E-state index contributed by atoms with van der Waals surface area (Å²) >= 11 is 4.20. The highest BCUT2D eigenvalue weighted by Gasteiger charge is 1.99. The van der Waals surface area contributed by atoms with Gasteiger partial charge in [-0.25, -0.2) is 0 Å². The van der Waals surface area contributed by atoms with Gasteiger partial charge in [-0.05, 0) is 12.3 Å². The number of hydrogen-bond donors (Lipinski definition) is 0. The van der Waals surface area contributed by atoms with Crippen molar-refractivity contribution in [2.24, 2.45) is 10.3 Å². The van der Waals surface area contributed by atoms with Gasteiger partial charge < -0.3 is 0 Å². The van der Waals surface area contributed by atoms with E-state index >= 15 is 0 Å². The SMILES string of the molecule is CC(C)CCC(=O)N=S. The van der Waals surface area contributed by atoms with Gasteiger partial charge in [-0.3, -0.25) is 4.79 Å². The molecule has 0 saturated carbocycles. The normalized spacial score (nSPS) is 9.67. The predicted molar refractivity (Wildman–Crippen MR) is 38.9 cm³/mol. The third-order valence-electron chi connectivity index (χ3n) is 1.04. The molecule has 2 nitrogen and oxygen atoms in total. The lowest BCUT2D eigenvalue weighted by molar-refractivity contribution is -0.117. The highest BCUT2D eigenvalue weighted by Crippen LogP contribution is 2.03. The third kappa shape index (κ3) is 5.56. The van der Waals surface area contributed by atoms with Crippen LogP contribution in [0.4, 0.5) is 0 Å². The Kier molecular flexibility index (Phi) is 4.40. The van der Waals surface area contributed by atoms with Crippen molar-refractivity contribution in [3.63, 3.8) is 0 Å². The molecule has 9 heavy (non-hydrogen) atoms. The van der Waals surface area contributed by atoms with Crippen molar-refractivity contribution in [2.45, 2.75) is 26.7 Å². The van der Waals surface area contributed by atoms with Crippen LogP contribution in [0.5, 0.6) is 0 Å². The number of carbonyl (C=O) groups excluding carboxylic acids is 1. The molecule has 0 rings (SSSR count). The molecule has 0 saturated heterocycles. The second kappa shape index (κ2) is 4.56. The molecule has 0 aliphatic heterocycles. The van der Waals surface area contributed by atoms with E-state index in [0.29, 0.717) is 12.3 Å². The van der Waals surface area contributed by atoms with Crippen LogP contribution >= 0.6 is 0 Å². The average Bonchev–Trinajstić information content (AvgIpc) is 1.83. The molecule has 0 aliphatic carbocycles. The summed E-state index contributed by atoms with van der Waals surface area (Å²) in [7, 11) is 0. The van der Waals surface area contributed by atoms with Gasteiger partial charge in [0.2, 0.25) is 0 Å². The van der Waals surface area contributed by atoms with Crippen molar-refractivity contribution in [2.75, 3.05) is 0 Å². The number of carbonyl (C=O) groups is 1. The minimum atomic E-state index is -0.168. The maximum absolute atomic E-state index is 10.4. The highest BCUT2D eigenvalue weighted by molar-refractivity contribution is 7.47.